The van der Waals surface area contributed by atoms with Crippen molar-refractivity contribution in [3.05, 3.63) is 11.1 Å². The maximum atomic E-state index is 11.2. The maximum Gasteiger partial charge on any atom is 0.242 e. The summed E-state index contributed by atoms with van der Waals surface area (Å²) in [7, 11) is 0.746. The monoisotopic (exact) mass is 300 g/mol. The minimum Gasteiger partial charge on any atom is -0.479 e. The maximum absolute atomic E-state index is 11.2. The number of nitrogens with one attached hydrogen (secondary N) is 1. The van der Waals surface area contributed by atoms with Crippen LogP contribution in [-0.2, 0) is 10.8 Å². The van der Waals surface area contributed by atoms with Crippen LogP contribution in [0, 0.1) is 4.77 Å². The van der Waals surface area contributed by atoms with Gasteiger partial charge in [-0.05, 0) is 25.6 Å². The second kappa shape index (κ2) is 5.79. The first-order valence-corrected chi connectivity index (χ1v) is 7.97. The van der Waals surface area contributed by atoms with Crippen LogP contribution in [0.4, 0.5) is 0 Å². The van der Waals surface area contributed by atoms with Gasteiger partial charge in [-0.3, -0.25) is 8.78 Å². The van der Waals surface area contributed by atoms with Crippen LogP contribution in [0.25, 0.3) is 11.2 Å². The second-order valence-electron chi connectivity index (χ2n) is 4.30. The molecule has 0 fully saturated rings. The lowest BCUT2D eigenvalue weighted by Gasteiger charge is -2.13. The van der Waals surface area contributed by atoms with Crippen LogP contribution in [0.1, 0.15) is 19.4 Å². The van der Waals surface area contributed by atoms with Crippen LogP contribution in [0.2, 0.25) is 0 Å². The highest BCUT2D eigenvalue weighted by Crippen LogP contribution is 2.24. The molecule has 0 saturated carbocycles. The summed E-state index contributed by atoms with van der Waals surface area (Å²) in [6.07, 6.45) is 3.92. The van der Waals surface area contributed by atoms with Gasteiger partial charge in [-0.15, -0.1) is 0 Å². The highest BCUT2D eigenvalue weighted by Gasteiger charge is 2.15. The minimum absolute atomic E-state index is 0.116. The van der Waals surface area contributed by atoms with Gasteiger partial charge in [-0.25, -0.2) is 4.98 Å². The Bertz CT molecular complexity index is 664. The number of hydrogen-bond donors (Lipinski definition) is 1. The SMILES string of the molecule is COc1ncnc2c1[nH]c(=S)n2C(C)CCS(C)=O. The van der Waals surface area contributed by atoms with E-state index in [0.29, 0.717) is 27.6 Å². The van der Waals surface area contributed by atoms with Crippen molar-refractivity contribution >= 4 is 34.2 Å². The number of aromatic nitrogens is 4. The molecule has 2 rings (SSSR count). The fraction of sp³-hybridized carbons (Fsp3) is 0.545. The Morgan fingerprint density at radius 3 is 2.95 bits per heavy atom. The number of H-pyrrole nitrogens is 1. The number of fused-ring (bicyclic) bond motifs is 1. The number of rotatable bonds is 5. The van der Waals surface area contributed by atoms with E-state index in [-0.39, 0.29) is 6.04 Å². The van der Waals surface area contributed by atoms with Gasteiger partial charge in [0.2, 0.25) is 5.88 Å². The number of ether oxygens (including phenoxy) is 1. The highest BCUT2D eigenvalue weighted by molar-refractivity contribution is 7.84. The molecule has 2 unspecified atom stereocenters. The van der Waals surface area contributed by atoms with Gasteiger partial charge in [0.25, 0.3) is 0 Å². The van der Waals surface area contributed by atoms with Gasteiger partial charge in [-0.2, -0.15) is 4.98 Å². The van der Waals surface area contributed by atoms with Crippen LogP contribution >= 0.6 is 12.2 Å². The molecule has 104 valence electrons. The fourth-order valence-electron chi connectivity index (χ4n) is 1.95. The normalized spacial score (nSPS) is 14.5. The van der Waals surface area contributed by atoms with Gasteiger partial charge in [0.05, 0.1) is 7.11 Å². The van der Waals surface area contributed by atoms with Gasteiger partial charge >= 0.3 is 0 Å². The van der Waals surface area contributed by atoms with Crippen molar-refractivity contribution < 1.29 is 8.95 Å². The summed E-state index contributed by atoms with van der Waals surface area (Å²) in [4.78, 5) is 11.4. The van der Waals surface area contributed by atoms with Crippen LogP contribution in [-0.4, -0.2) is 42.8 Å². The second-order valence-corrected chi connectivity index (χ2v) is 6.24. The predicted octanol–water partition coefficient (Wildman–Crippen LogP) is 1.83. The molecule has 0 bridgehead atoms. The molecule has 8 heteroatoms. The van der Waals surface area contributed by atoms with Crippen molar-refractivity contribution in [2.24, 2.45) is 0 Å². The van der Waals surface area contributed by atoms with E-state index < -0.39 is 10.8 Å². The number of hydrogen-bond acceptors (Lipinski definition) is 5. The third kappa shape index (κ3) is 2.84. The van der Waals surface area contributed by atoms with Crippen molar-refractivity contribution in [2.75, 3.05) is 19.1 Å². The van der Waals surface area contributed by atoms with Gasteiger partial charge in [0, 0.05) is 28.9 Å². The third-order valence-electron chi connectivity index (χ3n) is 2.93. The van der Waals surface area contributed by atoms with E-state index in [4.69, 9.17) is 17.0 Å². The Balaban J connectivity index is 2.46. The molecule has 0 radical (unpaired) electrons. The van der Waals surface area contributed by atoms with Crippen molar-refractivity contribution in [1.29, 1.82) is 0 Å². The zero-order valence-corrected chi connectivity index (χ0v) is 12.7. The van der Waals surface area contributed by atoms with E-state index in [2.05, 4.69) is 15.0 Å². The molecule has 2 atom stereocenters. The lowest BCUT2D eigenvalue weighted by Crippen LogP contribution is -2.09. The Morgan fingerprint density at radius 1 is 1.58 bits per heavy atom. The van der Waals surface area contributed by atoms with Gasteiger partial charge in [0.15, 0.2) is 10.4 Å². The summed E-state index contributed by atoms with van der Waals surface area (Å²) in [5.41, 5.74) is 1.41. The van der Waals surface area contributed by atoms with E-state index >= 15 is 0 Å². The zero-order valence-electron chi connectivity index (χ0n) is 11.0. The highest BCUT2D eigenvalue weighted by atomic mass is 32.2. The molecule has 0 spiro atoms. The summed E-state index contributed by atoms with van der Waals surface area (Å²) >= 11 is 5.32. The van der Waals surface area contributed by atoms with Crippen molar-refractivity contribution in [3.63, 3.8) is 0 Å². The summed E-state index contributed by atoms with van der Waals surface area (Å²) in [5.74, 6) is 1.11. The van der Waals surface area contributed by atoms with Crippen LogP contribution < -0.4 is 4.74 Å². The molecule has 19 heavy (non-hydrogen) atoms. The molecular weight excluding hydrogens is 284 g/mol. The third-order valence-corrected chi connectivity index (χ3v) is 4.04. The first-order valence-electron chi connectivity index (χ1n) is 5.83. The lowest BCUT2D eigenvalue weighted by molar-refractivity contribution is 0.401. The molecule has 2 aromatic rings. The molecule has 0 aliphatic rings. The molecule has 0 aromatic carbocycles. The fourth-order valence-corrected chi connectivity index (χ4v) is 2.99. The summed E-state index contributed by atoms with van der Waals surface area (Å²) in [6, 6.07) is 0.116. The quantitative estimate of drug-likeness (QED) is 0.853. The number of methoxy groups -OCH3 is 1. The first kappa shape index (κ1) is 14.1. The Morgan fingerprint density at radius 2 is 2.32 bits per heavy atom. The summed E-state index contributed by atoms with van der Waals surface area (Å²) < 4.78 is 18.9. The Kier molecular flexibility index (Phi) is 4.31. The van der Waals surface area contributed by atoms with Gasteiger partial charge < -0.3 is 9.72 Å². The molecule has 0 amide bonds. The molecule has 0 saturated heterocycles. The number of aromatic amines is 1. The summed E-state index contributed by atoms with van der Waals surface area (Å²) in [6.45, 7) is 2.03. The van der Waals surface area contributed by atoms with Crippen molar-refractivity contribution in [2.45, 2.75) is 19.4 Å². The van der Waals surface area contributed by atoms with Crippen LogP contribution in [0.15, 0.2) is 6.33 Å². The van der Waals surface area contributed by atoms with Crippen molar-refractivity contribution in [1.82, 2.24) is 19.5 Å². The van der Waals surface area contributed by atoms with E-state index in [0.717, 1.165) is 6.42 Å². The number of nitrogens with zero attached hydrogens (tertiary/aromatic N) is 3. The average Bonchev–Trinajstić information content (AvgIpc) is 2.71. The Labute approximate surface area is 118 Å². The molecule has 2 aromatic heterocycles. The standard InChI is InChI=1S/C11H16N4O2S2/c1-7(4-5-19(3)16)15-9-8(14-11(15)18)10(17-2)13-6-12-9/h6-7H,4-5H2,1-3H3,(H,14,18). The van der Waals surface area contributed by atoms with E-state index in [9.17, 15) is 4.21 Å². The minimum atomic E-state index is -0.809. The lowest BCUT2D eigenvalue weighted by atomic mass is 10.2. The topological polar surface area (TPSA) is 72.8 Å². The van der Waals surface area contributed by atoms with Crippen molar-refractivity contribution in [3.8, 4) is 5.88 Å². The smallest absolute Gasteiger partial charge is 0.242 e. The largest absolute Gasteiger partial charge is 0.479 e. The number of imidazole rings is 1. The van der Waals surface area contributed by atoms with Crippen LogP contribution in [0.5, 0.6) is 5.88 Å². The van der Waals surface area contributed by atoms with Crippen LogP contribution in [0.3, 0.4) is 0 Å². The molecule has 6 nitrogen and oxygen atoms in total. The zero-order chi connectivity index (χ0) is 14.0. The van der Waals surface area contributed by atoms with Gasteiger partial charge in [-0.1, -0.05) is 0 Å². The van der Waals surface area contributed by atoms with E-state index in [1.54, 1.807) is 13.4 Å². The molecule has 2 heterocycles. The van der Waals surface area contributed by atoms with Gasteiger partial charge in [0.1, 0.15) is 11.8 Å². The molecule has 0 aliphatic carbocycles. The first-order chi connectivity index (χ1) is 9.04. The van der Waals surface area contributed by atoms with E-state index in [1.807, 2.05) is 11.5 Å². The predicted molar refractivity (Wildman–Crippen MR) is 77.5 cm³/mol. The average molecular weight is 300 g/mol. The molecule has 1 N–H and O–H groups in total. The molecule has 0 aliphatic heterocycles. The van der Waals surface area contributed by atoms with E-state index in [1.165, 1.54) is 6.33 Å². The molecular formula is C11H16N4O2S2. The summed E-state index contributed by atoms with van der Waals surface area (Å²) in [5, 5.41) is 0. The Hall–Kier alpha value is -1.28.